The smallest absolute Gasteiger partial charge is 0.0552 e. The third kappa shape index (κ3) is 2.65. The van der Waals surface area contributed by atoms with Crippen LogP contribution in [0.3, 0.4) is 0 Å². The van der Waals surface area contributed by atoms with Crippen LogP contribution in [0.2, 0.25) is 6.32 Å². The van der Waals surface area contributed by atoms with Gasteiger partial charge in [-0.2, -0.15) is 0 Å². The lowest BCUT2D eigenvalue weighted by molar-refractivity contribution is 0.750. The molecule has 1 unspecified atom stereocenters. The van der Waals surface area contributed by atoms with Gasteiger partial charge in [-0.05, 0) is 12.3 Å². The fourth-order valence-corrected chi connectivity index (χ4v) is 1.26. The third-order valence-electron chi connectivity index (χ3n) is 2.06. The molecular weight excluding hydrogens is 129 g/mol. The van der Waals surface area contributed by atoms with Crippen LogP contribution < -0.4 is 0 Å². The normalized spacial score (nSPS) is 17.7. The van der Waals surface area contributed by atoms with Gasteiger partial charge in [-0.25, -0.2) is 0 Å². The van der Waals surface area contributed by atoms with Gasteiger partial charge in [-0.1, -0.05) is 37.0 Å². The monoisotopic (exact) mass is 140 g/mol. The van der Waals surface area contributed by atoms with Crippen molar-refractivity contribution in [3.8, 4) is 0 Å². The van der Waals surface area contributed by atoms with Crippen LogP contribution in [-0.2, 0) is 0 Å². The second-order valence-corrected chi connectivity index (χ2v) is 2.94. The van der Waals surface area contributed by atoms with E-state index in [1.165, 1.54) is 5.57 Å². The van der Waals surface area contributed by atoms with Crippen molar-refractivity contribution in [1.29, 1.82) is 0 Å². The van der Waals surface area contributed by atoms with Gasteiger partial charge in [0.1, 0.15) is 0 Å². The molecule has 4 radical (unpaired) electrons. The average molecular weight is 140 g/mol. The molecule has 0 aromatic carbocycles. The van der Waals surface area contributed by atoms with Gasteiger partial charge < -0.3 is 0 Å². The van der Waals surface area contributed by atoms with Crippen LogP contribution in [0.25, 0.3) is 0 Å². The molecule has 0 N–H and O–H groups in total. The van der Waals surface area contributed by atoms with E-state index in [-0.39, 0.29) is 0 Å². The Hall–Kier alpha value is -0.325. The lowest BCUT2D eigenvalue weighted by Gasteiger charge is -2.11. The third-order valence-corrected chi connectivity index (χ3v) is 2.06. The molecule has 0 saturated carbocycles. The predicted molar refractivity (Wildman–Crippen MR) is 53.1 cm³/mol. The summed E-state index contributed by atoms with van der Waals surface area (Å²) in [5.41, 5.74) is 1.52. The maximum absolute atomic E-state index is 5.26. The summed E-state index contributed by atoms with van der Waals surface area (Å²) < 4.78 is 0. The molecule has 1 atom stereocenters. The zero-order chi connectivity index (χ0) is 8.10. The second kappa shape index (κ2) is 4.53. The molecule has 0 spiro atoms. The summed E-state index contributed by atoms with van der Waals surface area (Å²) in [6.07, 6.45) is 8.70. The van der Waals surface area contributed by atoms with E-state index in [0.29, 0.717) is 5.92 Å². The summed E-state index contributed by atoms with van der Waals surface area (Å²) in [5, 5.41) is 0. The highest BCUT2D eigenvalue weighted by Gasteiger charge is 2.08. The van der Waals surface area contributed by atoms with Crippen molar-refractivity contribution in [2.24, 2.45) is 5.92 Å². The lowest BCUT2D eigenvalue weighted by atomic mass is 9.26. The fourth-order valence-electron chi connectivity index (χ4n) is 1.26. The molecule has 0 aliphatic heterocycles. The molecule has 3 heteroatoms. The second-order valence-electron chi connectivity index (χ2n) is 2.94. The zero-order valence-corrected chi connectivity index (χ0v) is 6.96. The molecular formula is C8H11B3. The average Bonchev–Trinajstić information content (AvgIpc) is 2.52. The highest BCUT2D eigenvalue weighted by Crippen LogP contribution is 2.22. The van der Waals surface area contributed by atoms with Gasteiger partial charge in [-0.3, -0.25) is 0 Å². The van der Waals surface area contributed by atoms with E-state index in [2.05, 4.69) is 25.2 Å². The van der Waals surface area contributed by atoms with E-state index in [0.717, 1.165) is 12.7 Å². The molecule has 0 nitrogen and oxygen atoms in total. The molecule has 0 aromatic heterocycles. The van der Waals surface area contributed by atoms with Crippen molar-refractivity contribution < 1.29 is 0 Å². The summed E-state index contributed by atoms with van der Waals surface area (Å²) in [6, 6.07) is 0. The van der Waals surface area contributed by atoms with Crippen LogP contribution in [0.4, 0.5) is 0 Å². The summed E-state index contributed by atoms with van der Waals surface area (Å²) in [5.74, 6) is 0.643. The molecule has 0 fully saturated rings. The fraction of sp³-hybridized carbons (Fsp3) is 0.500. The standard InChI is InChI=1S/C8H11B3/c1-7(6-10-11-9)8-4-2-3-5-8/h2-4,7H,5-6H2,1H3. The van der Waals surface area contributed by atoms with Crippen LogP contribution in [0.1, 0.15) is 13.3 Å². The first-order valence-electron chi connectivity index (χ1n) is 4.07. The van der Waals surface area contributed by atoms with E-state index in [9.17, 15) is 0 Å². The first-order valence-corrected chi connectivity index (χ1v) is 4.07. The first-order chi connectivity index (χ1) is 5.34. The lowest BCUT2D eigenvalue weighted by Crippen LogP contribution is -2.08. The van der Waals surface area contributed by atoms with Crippen molar-refractivity contribution in [1.82, 2.24) is 0 Å². The zero-order valence-electron chi connectivity index (χ0n) is 6.96. The van der Waals surface area contributed by atoms with Crippen molar-refractivity contribution in [2.75, 3.05) is 0 Å². The van der Waals surface area contributed by atoms with E-state index in [1.807, 2.05) is 7.17 Å². The Morgan fingerprint density at radius 3 is 3.09 bits per heavy atom. The molecule has 0 bridgehead atoms. The van der Waals surface area contributed by atoms with Crippen LogP contribution in [0, 0.1) is 5.92 Å². The highest BCUT2D eigenvalue weighted by atomic mass is 14.1. The minimum absolute atomic E-state index is 0.643. The summed E-state index contributed by atoms with van der Waals surface area (Å²) in [7, 11) is 8.90. The summed E-state index contributed by atoms with van der Waals surface area (Å²) in [6.45, 7) is 2.23. The first kappa shape index (κ1) is 8.77. The van der Waals surface area contributed by atoms with Gasteiger partial charge in [-0.15, -0.1) is 0 Å². The molecule has 0 heterocycles. The van der Waals surface area contributed by atoms with E-state index >= 15 is 0 Å². The van der Waals surface area contributed by atoms with E-state index in [1.54, 1.807) is 7.06 Å². The van der Waals surface area contributed by atoms with Crippen molar-refractivity contribution in [3.05, 3.63) is 23.8 Å². The Labute approximate surface area is 72.0 Å². The molecule has 1 rings (SSSR count). The molecule has 0 amide bonds. The van der Waals surface area contributed by atoms with Gasteiger partial charge in [0.05, 0.1) is 7.17 Å². The molecule has 1 aliphatic carbocycles. The van der Waals surface area contributed by atoms with Crippen molar-refractivity contribution >= 4 is 22.0 Å². The van der Waals surface area contributed by atoms with Gasteiger partial charge in [0.15, 0.2) is 0 Å². The minimum atomic E-state index is 0.643. The minimum Gasteiger partial charge on any atom is -0.0833 e. The van der Waals surface area contributed by atoms with Gasteiger partial charge in [0, 0.05) is 14.8 Å². The number of rotatable bonds is 4. The molecule has 52 valence electrons. The maximum atomic E-state index is 5.26. The summed E-state index contributed by atoms with van der Waals surface area (Å²) in [4.78, 5) is 0. The molecule has 0 aromatic rings. The Balaban J connectivity index is 2.24. The van der Waals surface area contributed by atoms with Crippen LogP contribution >= 0.6 is 0 Å². The van der Waals surface area contributed by atoms with Gasteiger partial charge >= 0.3 is 0 Å². The number of allylic oxidation sites excluding steroid dienone is 4. The molecule has 0 saturated heterocycles. The maximum Gasteiger partial charge on any atom is 0.0552 e. The van der Waals surface area contributed by atoms with E-state index < -0.39 is 0 Å². The Morgan fingerprint density at radius 1 is 1.73 bits per heavy atom. The quantitative estimate of drug-likeness (QED) is 0.516. The van der Waals surface area contributed by atoms with Crippen molar-refractivity contribution in [3.63, 3.8) is 0 Å². The van der Waals surface area contributed by atoms with Gasteiger partial charge in [0.2, 0.25) is 0 Å². The van der Waals surface area contributed by atoms with Crippen LogP contribution in [-0.4, -0.2) is 22.0 Å². The Kier molecular flexibility index (Phi) is 3.61. The van der Waals surface area contributed by atoms with Crippen LogP contribution in [0.15, 0.2) is 23.8 Å². The predicted octanol–water partition coefficient (Wildman–Crippen LogP) is 1.33. The Bertz CT molecular complexity index is 172. The summed E-state index contributed by atoms with van der Waals surface area (Å²) >= 11 is 0. The topological polar surface area (TPSA) is 0 Å². The Morgan fingerprint density at radius 2 is 2.55 bits per heavy atom. The SMILES string of the molecule is [B][B][B]CC(C)C1=CC=CC1. The molecule has 11 heavy (non-hydrogen) atoms. The largest absolute Gasteiger partial charge is 0.0833 e. The van der Waals surface area contributed by atoms with Crippen LogP contribution in [0.5, 0.6) is 0 Å². The van der Waals surface area contributed by atoms with Crippen molar-refractivity contribution in [2.45, 2.75) is 19.7 Å². The number of hydrogen-bond donors (Lipinski definition) is 0. The van der Waals surface area contributed by atoms with Gasteiger partial charge in [0.25, 0.3) is 0 Å². The number of hydrogen-bond acceptors (Lipinski definition) is 0. The van der Waals surface area contributed by atoms with E-state index in [4.69, 9.17) is 7.74 Å². The highest BCUT2D eigenvalue weighted by molar-refractivity contribution is 7.23. The molecule has 1 aliphatic rings.